The molecule has 5 rings (SSSR count). The maximum absolute atomic E-state index is 13.1. The predicted molar refractivity (Wildman–Crippen MR) is 130 cm³/mol. The SMILES string of the molecule is CNC(=O)C1C[C@@H]2CC(C(=O)Nc3cc(-c4cc(C#N)n5c4CC(C)(C)C5)c(Cl)cn3)C[C@@H]2C1. The van der Waals surface area contributed by atoms with Gasteiger partial charge in [-0.15, -0.1) is 0 Å². The molecule has 3 heterocycles. The third-order valence-electron chi connectivity index (χ3n) is 7.96. The minimum Gasteiger partial charge on any atom is -0.359 e. The van der Waals surface area contributed by atoms with Crippen molar-refractivity contribution in [3.8, 4) is 17.2 Å². The first-order valence-electron chi connectivity index (χ1n) is 12.0. The summed E-state index contributed by atoms with van der Waals surface area (Å²) >= 11 is 6.54. The summed E-state index contributed by atoms with van der Waals surface area (Å²) in [5, 5.41) is 15.9. The van der Waals surface area contributed by atoms with Crippen LogP contribution in [0.15, 0.2) is 18.3 Å². The van der Waals surface area contributed by atoms with Crippen LogP contribution in [-0.4, -0.2) is 28.4 Å². The molecule has 2 amide bonds. The molecule has 2 fully saturated rings. The summed E-state index contributed by atoms with van der Waals surface area (Å²) in [4.78, 5) is 29.4. The van der Waals surface area contributed by atoms with Gasteiger partial charge in [0.2, 0.25) is 11.8 Å². The normalized spacial score (nSPS) is 26.6. The molecule has 2 saturated carbocycles. The van der Waals surface area contributed by atoms with Gasteiger partial charge in [0.15, 0.2) is 0 Å². The summed E-state index contributed by atoms with van der Waals surface area (Å²) < 4.78 is 2.08. The summed E-state index contributed by atoms with van der Waals surface area (Å²) in [5.74, 6) is 1.46. The van der Waals surface area contributed by atoms with Gasteiger partial charge < -0.3 is 15.2 Å². The standard InChI is InChI=1S/C26H30ClN5O2/c1-26(2)10-22-20(8-18(11-28)32(22)13-26)19-9-23(30-12-21(19)27)31-25(34)17-6-14-4-16(24(33)29-3)5-15(14)7-17/h8-9,12,14-17H,4-7,10,13H2,1-3H3,(H,29,33)(H,30,31,34)/t14-,15+,16?,17?. The summed E-state index contributed by atoms with van der Waals surface area (Å²) in [5.41, 5.74) is 3.51. The zero-order chi connectivity index (χ0) is 24.2. The monoisotopic (exact) mass is 479 g/mol. The van der Waals surface area contributed by atoms with Crippen LogP contribution in [0.25, 0.3) is 11.1 Å². The summed E-state index contributed by atoms with van der Waals surface area (Å²) in [6.07, 6.45) is 5.80. The van der Waals surface area contributed by atoms with Crippen LogP contribution in [0.3, 0.4) is 0 Å². The Kier molecular flexibility index (Phi) is 5.68. The molecule has 2 unspecified atom stereocenters. The smallest absolute Gasteiger partial charge is 0.228 e. The maximum Gasteiger partial charge on any atom is 0.228 e. The fourth-order valence-corrected chi connectivity index (χ4v) is 6.62. The first-order chi connectivity index (χ1) is 16.2. The fraction of sp³-hybridized carbons (Fsp3) is 0.538. The molecule has 0 aromatic carbocycles. The van der Waals surface area contributed by atoms with E-state index in [4.69, 9.17) is 11.6 Å². The van der Waals surface area contributed by atoms with Crippen molar-refractivity contribution in [3.63, 3.8) is 0 Å². The van der Waals surface area contributed by atoms with Gasteiger partial charge in [-0.05, 0) is 61.5 Å². The number of anilines is 1. The maximum atomic E-state index is 13.1. The number of carbonyl (C=O) groups is 2. The van der Waals surface area contributed by atoms with E-state index in [0.29, 0.717) is 28.4 Å². The summed E-state index contributed by atoms with van der Waals surface area (Å²) in [6, 6.07) is 6.01. The molecule has 4 atom stereocenters. The van der Waals surface area contributed by atoms with Crippen LogP contribution >= 0.6 is 11.6 Å². The minimum atomic E-state index is -0.0636. The number of nitrogens with one attached hydrogen (secondary N) is 2. The Hall–Kier alpha value is -2.85. The van der Waals surface area contributed by atoms with Crippen molar-refractivity contribution < 1.29 is 9.59 Å². The van der Waals surface area contributed by atoms with E-state index in [0.717, 1.165) is 55.5 Å². The number of carbonyl (C=O) groups excluding carboxylic acids is 2. The number of nitriles is 1. The third kappa shape index (κ3) is 3.98. The molecular formula is C26H30ClN5O2. The topological polar surface area (TPSA) is 99.8 Å². The predicted octanol–water partition coefficient (Wildman–Crippen LogP) is 4.39. The quantitative estimate of drug-likeness (QED) is 0.679. The molecule has 0 spiro atoms. The molecule has 8 heteroatoms. The van der Waals surface area contributed by atoms with Crippen LogP contribution in [0.2, 0.25) is 5.02 Å². The average molecular weight is 480 g/mol. The molecule has 1 aliphatic heterocycles. The van der Waals surface area contributed by atoms with Crippen LogP contribution < -0.4 is 10.6 Å². The zero-order valence-corrected chi connectivity index (χ0v) is 20.6. The van der Waals surface area contributed by atoms with Gasteiger partial charge in [-0.3, -0.25) is 9.59 Å². The molecule has 178 valence electrons. The highest BCUT2D eigenvalue weighted by atomic mass is 35.5. The van der Waals surface area contributed by atoms with E-state index in [2.05, 4.69) is 40.1 Å². The molecular weight excluding hydrogens is 450 g/mol. The van der Waals surface area contributed by atoms with E-state index in [1.54, 1.807) is 13.2 Å². The third-order valence-corrected chi connectivity index (χ3v) is 8.26. The number of hydrogen-bond donors (Lipinski definition) is 2. The molecule has 0 radical (unpaired) electrons. The Bertz CT molecular complexity index is 1200. The molecule has 2 aliphatic carbocycles. The highest BCUT2D eigenvalue weighted by Gasteiger charge is 2.45. The van der Waals surface area contributed by atoms with E-state index < -0.39 is 0 Å². The highest BCUT2D eigenvalue weighted by molar-refractivity contribution is 6.33. The first kappa shape index (κ1) is 22.9. The van der Waals surface area contributed by atoms with Crippen molar-refractivity contribution in [1.29, 1.82) is 5.26 Å². The Morgan fingerprint density at radius 3 is 2.38 bits per heavy atom. The van der Waals surface area contributed by atoms with Crippen molar-refractivity contribution in [1.82, 2.24) is 14.9 Å². The Labute approximate surface area is 204 Å². The van der Waals surface area contributed by atoms with Gasteiger partial charge in [0.05, 0.1) is 5.02 Å². The molecule has 0 bridgehead atoms. The van der Waals surface area contributed by atoms with E-state index in [9.17, 15) is 14.9 Å². The number of hydrogen-bond acceptors (Lipinski definition) is 4. The number of nitrogens with zero attached hydrogens (tertiary/aromatic N) is 3. The molecule has 2 N–H and O–H groups in total. The van der Waals surface area contributed by atoms with Crippen LogP contribution in [-0.2, 0) is 22.6 Å². The van der Waals surface area contributed by atoms with Crippen LogP contribution in [0.4, 0.5) is 5.82 Å². The van der Waals surface area contributed by atoms with Crippen molar-refractivity contribution in [3.05, 3.63) is 34.7 Å². The number of fused-ring (bicyclic) bond motifs is 2. The average Bonchev–Trinajstić information content (AvgIpc) is 3.52. The number of rotatable bonds is 4. The van der Waals surface area contributed by atoms with Gasteiger partial charge in [0.1, 0.15) is 17.6 Å². The van der Waals surface area contributed by atoms with Gasteiger partial charge in [-0.25, -0.2) is 4.98 Å². The Balaban J connectivity index is 1.32. The number of aromatic nitrogens is 2. The lowest BCUT2D eigenvalue weighted by atomic mass is 9.89. The van der Waals surface area contributed by atoms with Gasteiger partial charge in [0.25, 0.3) is 0 Å². The van der Waals surface area contributed by atoms with Crippen LogP contribution in [0.1, 0.15) is 50.9 Å². The molecule has 0 saturated heterocycles. The Morgan fingerprint density at radius 1 is 1.12 bits per heavy atom. The van der Waals surface area contributed by atoms with Gasteiger partial charge in [-0.1, -0.05) is 25.4 Å². The van der Waals surface area contributed by atoms with Crippen LogP contribution in [0.5, 0.6) is 0 Å². The molecule has 7 nitrogen and oxygen atoms in total. The number of halogens is 1. The minimum absolute atomic E-state index is 0.0207. The van der Waals surface area contributed by atoms with Gasteiger partial charge >= 0.3 is 0 Å². The van der Waals surface area contributed by atoms with Crippen molar-refractivity contribution in [2.75, 3.05) is 12.4 Å². The largest absolute Gasteiger partial charge is 0.359 e. The van der Waals surface area contributed by atoms with E-state index in [1.807, 2.05) is 12.1 Å². The van der Waals surface area contributed by atoms with Crippen LogP contribution in [0, 0.1) is 40.4 Å². The van der Waals surface area contributed by atoms with Crippen molar-refractivity contribution in [2.24, 2.45) is 29.1 Å². The van der Waals surface area contributed by atoms with E-state index in [1.165, 1.54) is 0 Å². The molecule has 3 aliphatic rings. The van der Waals surface area contributed by atoms with E-state index in [-0.39, 0.29) is 29.1 Å². The summed E-state index contributed by atoms with van der Waals surface area (Å²) in [7, 11) is 1.68. The molecule has 34 heavy (non-hydrogen) atoms. The lowest BCUT2D eigenvalue weighted by molar-refractivity contribution is -0.124. The lowest BCUT2D eigenvalue weighted by Crippen LogP contribution is -2.27. The number of pyridine rings is 1. The lowest BCUT2D eigenvalue weighted by Gasteiger charge is -2.16. The fourth-order valence-electron chi connectivity index (χ4n) is 6.41. The van der Waals surface area contributed by atoms with Crippen molar-refractivity contribution in [2.45, 2.75) is 52.5 Å². The second-order valence-electron chi connectivity index (χ2n) is 10.9. The second kappa shape index (κ2) is 8.42. The zero-order valence-electron chi connectivity index (χ0n) is 19.8. The van der Waals surface area contributed by atoms with E-state index >= 15 is 0 Å². The van der Waals surface area contributed by atoms with Gasteiger partial charge in [0, 0.05) is 48.4 Å². The molecule has 2 aromatic heterocycles. The summed E-state index contributed by atoms with van der Waals surface area (Å²) in [6.45, 7) is 5.18. The molecule has 2 aromatic rings. The Morgan fingerprint density at radius 2 is 1.76 bits per heavy atom. The highest BCUT2D eigenvalue weighted by Crippen LogP contribution is 2.49. The number of amides is 2. The second-order valence-corrected chi connectivity index (χ2v) is 11.3. The van der Waals surface area contributed by atoms with Crippen molar-refractivity contribution >= 4 is 29.2 Å². The van der Waals surface area contributed by atoms with Gasteiger partial charge in [-0.2, -0.15) is 5.26 Å². The first-order valence-corrected chi connectivity index (χ1v) is 12.4.